The Morgan fingerprint density at radius 2 is 1.77 bits per heavy atom. The topological polar surface area (TPSA) is 99.1 Å². The fraction of sp³-hybridized carbons (Fsp3) is 0.842. The lowest BCUT2D eigenvalue weighted by Gasteiger charge is -2.45. The molecule has 0 heterocycles. The Morgan fingerprint density at radius 1 is 1.15 bits per heavy atom. The number of carbonyl (C=O) groups is 3. The second kappa shape index (κ2) is 10.0. The van der Waals surface area contributed by atoms with Crippen molar-refractivity contribution in [1.29, 1.82) is 0 Å². The molecule has 7 heteroatoms. The van der Waals surface area contributed by atoms with Gasteiger partial charge in [0.15, 0.2) is 11.9 Å². The number of aliphatic hydroxyl groups excluding tert-OH is 1. The van der Waals surface area contributed by atoms with Crippen molar-refractivity contribution in [2.45, 2.75) is 65.8 Å². The maximum Gasteiger partial charge on any atom is 0.306 e. The Balaban J connectivity index is 3.19. The van der Waals surface area contributed by atoms with Gasteiger partial charge in [0.05, 0.1) is 12.5 Å². The summed E-state index contributed by atoms with van der Waals surface area (Å²) in [6, 6.07) is 0. The standard InChI is InChI=1S/C19H32O7/c1-7-11(4)8-14(22)26-18-15(10(2)3)19(25-12(5)21)17(24-6)13(9-20)16(18)23/h10-11,13,15,17-20H,7-9H2,1-6H3/t11-,13-,15+,17-,18-,19+/m0/s1. The van der Waals surface area contributed by atoms with E-state index >= 15 is 0 Å². The molecule has 0 amide bonds. The molecule has 1 aliphatic carbocycles. The third-order valence-electron chi connectivity index (χ3n) is 5.11. The van der Waals surface area contributed by atoms with Gasteiger partial charge in [-0.15, -0.1) is 0 Å². The molecular weight excluding hydrogens is 340 g/mol. The van der Waals surface area contributed by atoms with Gasteiger partial charge in [-0.2, -0.15) is 0 Å². The molecule has 1 aliphatic rings. The second-order valence-electron chi connectivity index (χ2n) is 7.42. The van der Waals surface area contributed by atoms with Crippen molar-refractivity contribution in [3.63, 3.8) is 0 Å². The zero-order chi connectivity index (χ0) is 20.0. The number of esters is 2. The van der Waals surface area contributed by atoms with E-state index in [9.17, 15) is 19.5 Å². The van der Waals surface area contributed by atoms with E-state index in [2.05, 4.69) is 0 Å². The molecule has 0 radical (unpaired) electrons. The van der Waals surface area contributed by atoms with Crippen molar-refractivity contribution < 1.29 is 33.7 Å². The molecule has 0 aliphatic heterocycles. The van der Waals surface area contributed by atoms with Gasteiger partial charge in [0.1, 0.15) is 12.2 Å². The van der Waals surface area contributed by atoms with Crippen LogP contribution in [-0.4, -0.2) is 54.9 Å². The molecular formula is C19H32O7. The van der Waals surface area contributed by atoms with Crippen LogP contribution in [0.15, 0.2) is 0 Å². The molecule has 26 heavy (non-hydrogen) atoms. The van der Waals surface area contributed by atoms with Crippen LogP contribution in [0.2, 0.25) is 0 Å². The fourth-order valence-corrected chi connectivity index (χ4v) is 3.50. The lowest BCUT2D eigenvalue weighted by molar-refractivity contribution is -0.199. The van der Waals surface area contributed by atoms with Crippen LogP contribution in [-0.2, 0) is 28.6 Å². The van der Waals surface area contributed by atoms with Crippen LogP contribution in [0.1, 0.15) is 47.5 Å². The number of carbonyl (C=O) groups excluding carboxylic acids is 3. The molecule has 1 fully saturated rings. The number of ketones is 1. The number of aliphatic hydroxyl groups is 1. The van der Waals surface area contributed by atoms with Crippen molar-refractivity contribution >= 4 is 17.7 Å². The number of methoxy groups -OCH3 is 1. The maximum absolute atomic E-state index is 12.9. The first-order chi connectivity index (χ1) is 12.2. The largest absolute Gasteiger partial charge is 0.459 e. The summed E-state index contributed by atoms with van der Waals surface area (Å²) in [6.45, 7) is 8.45. The molecule has 150 valence electrons. The normalized spacial score (nSPS) is 30.2. The van der Waals surface area contributed by atoms with Gasteiger partial charge in [-0.1, -0.05) is 34.1 Å². The summed E-state index contributed by atoms with van der Waals surface area (Å²) in [7, 11) is 1.41. The summed E-state index contributed by atoms with van der Waals surface area (Å²) in [5, 5.41) is 9.69. The van der Waals surface area contributed by atoms with Crippen LogP contribution >= 0.6 is 0 Å². The van der Waals surface area contributed by atoms with Gasteiger partial charge >= 0.3 is 11.9 Å². The molecule has 0 aromatic rings. The molecule has 0 unspecified atom stereocenters. The van der Waals surface area contributed by atoms with Gasteiger partial charge in [-0.25, -0.2) is 0 Å². The highest BCUT2D eigenvalue weighted by Crippen LogP contribution is 2.37. The summed E-state index contributed by atoms with van der Waals surface area (Å²) in [5.74, 6) is -2.79. The zero-order valence-corrected chi connectivity index (χ0v) is 16.6. The summed E-state index contributed by atoms with van der Waals surface area (Å²) in [4.78, 5) is 36.8. The number of hydrogen-bond donors (Lipinski definition) is 1. The quantitative estimate of drug-likeness (QED) is 0.648. The van der Waals surface area contributed by atoms with Gasteiger partial charge in [0.2, 0.25) is 0 Å². The summed E-state index contributed by atoms with van der Waals surface area (Å²) >= 11 is 0. The Kier molecular flexibility index (Phi) is 8.70. The third kappa shape index (κ3) is 5.27. The SMILES string of the molecule is CC[C@H](C)CC(=O)O[C@@H]1C(=O)[C@H](CO)[C@H](OC)[C@H](OC(C)=O)[C@@H]1C(C)C. The van der Waals surface area contributed by atoms with Crippen LogP contribution in [0, 0.1) is 23.7 Å². The van der Waals surface area contributed by atoms with Gasteiger partial charge in [0.25, 0.3) is 0 Å². The van der Waals surface area contributed by atoms with Crippen molar-refractivity contribution in [1.82, 2.24) is 0 Å². The van der Waals surface area contributed by atoms with E-state index in [0.29, 0.717) is 0 Å². The van der Waals surface area contributed by atoms with Gasteiger partial charge in [0, 0.05) is 26.4 Å². The van der Waals surface area contributed by atoms with Crippen LogP contribution in [0.25, 0.3) is 0 Å². The zero-order valence-electron chi connectivity index (χ0n) is 16.6. The highest BCUT2D eigenvalue weighted by atomic mass is 16.6. The van der Waals surface area contributed by atoms with Crippen molar-refractivity contribution in [3.8, 4) is 0 Å². The van der Waals surface area contributed by atoms with Gasteiger partial charge in [-0.05, 0) is 11.8 Å². The number of hydrogen-bond acceptors (Lipinski definition) is 7. The van der Waals surface area contributed by atoms with Crippen LogP contribution in [0.3, 0.4) is 0 Å². The van der Waals surface area contributed by atoms with Crippen molar-refractivity contribution in [3.05, 3.63) is 0 Å². The predicted molar refractivity (Wildman–Crippen MR) is 94.2 cm³/mol. The van der Waals surface area contributed by atoms with Crippen molar-refractivity contribution in [2.24, 2.45) is 23.7 Å². The molecule has 0 aromatic heterocycles. The van der Waals surface area contributed by atoms with Crippen LogP contribution in [0.5, 0.6) is 0 Å². The van der Waals surface area contributed by atoms with E-state index in [0.717, 1.165) is 6.42 Å². The van der Waals surface area contributed by atoms with E-state index in [1.807, 2.05) is 27.7 Å². The summed E-state index contributed by atoms with van der Waals surface area (Å²) in [6.07, 6.45) is -1.61. The summed E-state index contributed by atoms with van der Waals surface area (Å²) in [5.41, 5.74) is 0. The lowest BCUT2D eigenvalue weighted by atomic mass is 9.70. The lowest BCUT2D eigenvalue weighted by Crippen LogP contribution is -2.61. The first kappa shape index (κ1) is 22.6. The average molecular weight is 372 g/mol. The number of rotatable bonds is 8. The fourth-order valence-electron chi connectivity index (χ4n) is 3.50. The monoisotopic (exact) mass is 372 g/mol. The molecule has 7 nitrogen and oxygen atoms in total. The Morgan fingerprint density at radius 3 is 2.19 bits per heavy atom. The van der Waals surface area contributed by atoms with E-state index in [1.165, 1.54) is 14.0 Å². The molecule has 1 saturated carbocycles. The molecule has 0 spiro atoms. The Bertz CT molecular complexity index is 502. The molecule has 1 N–H and O–H groups in total. The highest BCUT2D eigenvalue weighted by Gasteiger charge is 2.54. The average Bonchev–Trinajstić information content (AvgIpc) is 2.56. The Hall–Kier alpha value is -1.47. The molecule has 0 aromatic carbocycles. The minimum atomic E-state index is -1.07. The molecule has 0 bridgehead atoms. The molecule has 0 saturated heterocycles. The Labute approximate surface area is 155 Å². The molecule has 6 atom stereocenters. The minimum Gasteiger partial charge on any atom is -0.459 e. The van der Waals surface area contributed by atoms with E-state index in [4.69, 9.17) is 14.2 Å². The van der Waals surface area contributed by atoms with Crippen LogP contribution < -0.4 is 0 Å². The minimum absolute atomic E-state index is 0.109. The maximum atomic E-state index is 12.9. The van der Waals surface area contributed by atoms with Gasteiger partial charge in [-0.3, -0.25) is 14.4 Å². The predicted octanol–water partition coefficient (Wildman–Crippen LogP) is 1.74. The number of ether oxygens (including phenoxy) is 3. The van der Waals surface area contributed by atoms with E-state index in [-0.39, 0.29) is 24.0 Å². The first-order valence-electron chi connectivity index (χ1n) is 9.21. The highest BCUT2D eigenvalue weighted by molar-refractivity contribution is 5.90. The van der Waals surface area contributed by atoms with E-state index < -0.39 is 48.7 Å². The second-order valence-corrected chi connectivity index (χ2v) is 7.42. The van der Waals surface area contributed by atoms with Gasteiger partial charge < -0.3 is 19.3 Å². The van der Waals surface area contributed by atoms with Crippen molar-refractivity contribution in [2.75, 3.05) is 13.7 Å². The van der Waals surface area contributed by atoms with E-state index in [1.54, 1.807) is 0 Å². The molecule has 1 rings (SSSR count). The smallest absolute Gasteiger partial charge is 0.306 e. The first-order valence-corrected chi connectivity index (χ1v) is 9.21. The summed E-state index contributed by atoms with van der Waals surface area (Å²) < 4.78 is 16.4. The third-order valence-corrected chi connectivity index (χ3v) is 5.11. The number of Topliss-reactive ketones (excluding diaryl/α,β-unsaturated/α-hetero) is 1. The van der Waals surface area contributed by atoms with Crippen LogP contribution in [0.4, 0.5) is 0 Å².